The first-order valence-corrected chi connectivity index (χ1v) is 10.4. The molecule has 168 valence electrons. The lowest BCUT2D eigenvalue weighted by atomic mass is 9.97. The number of para-hydroxylation sites is 1. The first kappa shape index (κ1) is 21.7. The molecule has 32 heavy (non-hydrogen) atoms. The van der Waals surface area contributed by atoms with Gasteiger partial charge in [0, 0.05) is 24.0 Å². The molecule has 0 radical (unpaired) electrons. The topological polar surface area (TPSA) is 92.9 Å². The highest BCUT2D eigenvalue weighted by Crippen LogP contribution is 2.34. The number of ether oxygens (including phenoxy) is 3. The summed E-state index contributed by atoms with van der Waals surface area (Å²) in [6.07, 6.45) is 0.799. The second-order valence-electron chi connectivity index (χ2n) is 7.77. The number of nitrogens with zero attached hydrogens (tertiary/aromatic N) is 1. The van der Waals surface area contributed by atoms with Crippen LogP contribution >= 0.6 is 0 Å². The van der Waals surface area contributed by atoms with Crippen molar-refractivity contribution in [1.82, 2.24) is 9.88 Å². The Kier molecular flexibility index (Phi) is 6.05. The number of carbonyl (C=O) groups is 2. The van der Waals surface area contributed by atoms with Crippen molar-refractivity contribution >= 4 is 28.5 Å². The van der Waals surface area contributed by atoms with E-state index in [1.54, 1.807) is 14.2 Å². The third kappa shape index (κ3) is 3.89. The minimum Gasteiger partial charge on any atom is -0.493 e. The smallest absolute Gasteiger partial charge is 0.356 e. The van der Waals surface area contributed by atoms with Crippen LogP contribution in [-0.4, -0.2) is 55.7 Å². The number of anilines is 1. The van der Waals surface area contributed by atoms with Gasteiger partial charge in [-0.05, 0) is 42.7 Å². The highest BCUT2D eigenvalue weighted by Gasteiger charge is 2.28. The molecule has 8 heteroatoms. The second-order valence-corrected chi connectivity index (χ2v) is 7.77. The lowest BCUT2D eigenvalue weighted by Gasteiger charge is -2.33. The summed E-state index contributed by atoms with van der Waals surface area (Å²) in [6, 6.07) is 11.0. The Balaban J connectivity index is 1.56. The lowest BCUT2D eigenvalue weighted by Crippen LogP contribution is -2.44. The number of hydrogen-bond acceptors (Lipinski definition) is 6. The Morgan fingerprint density at radius 1 is 1.06 bits per heavy atom. The maximum atomic E-state index is 13.2. The van der Waals surface area contributed by atoms with E-state index in [4.69, 9.17) is 14.2 Å². The zero-order valence-electron chi connectivity index (χ0n) is 18.7. The van der Waals surface area contributed by atoms with E-state index in [1.165, 1.54) is 12.7 Å². The molecule has 2 aromatic carbocycles. The third-order valence-electron chi connectivity index (χ3n) is 6.02. The van der Waals surface area contributed by atoms with Gasteiger partial charge in [-0.3, -0.25) is 9.69 Å². The number of methoxy groups -OCH3 is 3. The number of aromatic nitrogens is 1. The minimum atomic E-state index is -0.530. The van der Waals surface area contributed by atoms with Crippen molar-refractivity contribution in [2.24, 2.45) is 0 Å². The molecule has 1 aliphatic heterocycles. The molecule has 2 N–H and O–H groups in total. The molecular formula is C24H27N3O5. The van der Waals surface area contributed by atoms with Crippen molar-refractivity contribution in [3.8, 4) is 11.5 Å². The highest BCUT2D eigenvalue weighted by molar-refractivity contribution is 6.11. The summed E-state index contributed by atoms with van der Waals surface area (Å²) in [5.74, 6) is 0.660. The quantitative estimate of drug-likeness (QED) is 0.575. The van der Waals surface area contributed by atoms with Gasteiger partial charge in [-0.1, -0.05) is 18.2 Å². The van der Waals surface area contributed by atoms with Crippen LogP contribution in [0.1, 0.15) is 28.5 Å². The van der Waals surface area contributed by atoms with E-state index in [2.05, 4.69) is 15.2 Å². The first-order valence-electron chi connectivity index (χ1n) is 10.4. The average molecular weight is 437 g/mol. The molecule has 0 saturated heterocycles. The lowest BCUT2D eigenvalue weighted by molar-refractivity contribution is -0.121. The summed E-state index contributed by atoms with van der Waals surface area (Å²) in [5, 5.41) is 3.71. The van der Waals surface area contributed by atoms with Gasteiger partial charge < -0.3 is 24.5 Å². The Morgan fingerprint density at radius 2 is 1.75 bits per heavy atom. The zero-order valence-corrected chi connectivity index (χ0v) is 18.7. The molecule has 1 aromatic heterocycles. The van der Waals surface area contributed by atoms with Gasteiger partial charge in [0.05, 0.1) is 33.1 Å². The fourth-order valence-corrected chi connectivity index (χ4v) is 4.16. The molecule has 4 rings (SSSR count). The Hall–Kier alpha value is -3.52. The van der Waals surface area contributed by atoms with Gasteiger partial charge >= 0.3 is 5.97 Å². The number of aromatic amines is 1. The zero-order chi connectivity index (χ0) is 22.8. The van der Waals surface area contributed by atoms with Gasteiger partial charge in [0.1, 0.15) is 5.69 Å². The summed E-state index contributed by atoms with van der Waals surface area (Å²) in [6.45, 7) is 3.21. The maximum Gasteiger partial charge on any atom is 0.356 e. The van der Waals surface area contributed by atoms with Crippen LogP contribution in [0.4, 0.5) is 5.69 Å². The molecular weight excluding hydrogens is 410 g/mol. The average Bonchev–Trinajstić information content (AvgIpc) is 3.19. The number of fused-ring (bicyclic) bond motifs is 2. The largest absolute Gasteiger partial charge is 0.493 e. The van der Waals surface area contributed by atoms with Crippen molar-refractivity contribution in [3.63, 3.8) is 0 Å². The van der Waals surface area contributed by atoms with Crippen LogP contribution in [0.25, 0.3) is 10.9 Å². The predicted octanol–water partition coefficient (Wildman–Crippen LogP) is 3.36. The Labute approximate surface area is 186 Å². The minimum absolute atomic E-state index is 0.191. The summed E-state index contributed by atoms with van der Waals surface area (Å²) < 4.78 is 15.7. The van der Waals surface area contributed by atoms with Gasteiger partial charge in [0.25, 0.3) is 0 Å². The van der Waals surface area contributed by atoms with E-state index in [0.717, 1.165) is 29.4 Å². The SMILES string of the molecule is COC(=O)c1[nH]c2ccccc2c1NC(=O)[C@H](C)N1CCc2cc(OC)c(OC)cc2C1. The van der Waals surface area contributed by atoms with E-state index < -0.39 is 12.0 Å². The maximum absolute atomic E-state index is 13.2. The van der Waals surface area contributed by atoms with Gasteiger partial charge in [-0.15, -0.1) is 0 Å². The van der Waals surface area contributed by atoms with E-state index in [-0.39, 0.29) is 11.6 Å². The number of amides is 1. The summed E-state index contributed by atoms with van der Waals surface area (Å²) in [4.78, 5) is 30.6. The van der Waals surface area contributed by atoms with E-state index >= 15 is 0 Å². The van der Waals surface area contributed by atoms with Crippen LogP contribution in [0.5, 0.6) is 11.5 Å². The third-order valence-corrected chi connectivity index (χ3v) is 6.02. The van der Waals surface area contributed by atoms with Crippen molar-refractivity contribution in [2.45, 2.75) is 25.9 Å². The molecule has 2 heterocycles. The van der Waals surface area contributed by atoms with Gasteiger partial charge in [0.2, 0.25) is 5.91 Å². The van der Waals surface area contributed by atoms with Crippen LogP contribution in [0.3, 0.4) is 0 Å². The van der Waals surface area contributed by atoms with Crippen molar-refractivity contribution < 1.29 is 23.8 Å². The number of rotatable bonds is 6. The van der Waals surface area contributed by atoms with E-state index in [9.17, 15) is 9.59 Å². The van der Waals surface area contributed by atoms with Gasteiger partial charge in [-0.2, -0.15) is 0 Å². The van der Waals surface area contributed by atoms with Gasteiger partial charge in [-0.25, -0.2) is 4.79 Å². The number of benzene rings is 2. The Bertz CT molecular complexity index is 1170. The molecule has 0 fully saturated rings. The molecule has 1 amide bonds. The summed E-state index contributed by atoms with van der Waals surface area (Å²) in [5.41, 5.74) is 3.72. The second kappa shape index (κ2) is 8.92. The predicted molar refractivity (Wildman–Crippen MR) is 121 cm³/mol. The van der Waals surface area contributed by atoms with Crippen LogP contribution in [0, 0.1) is 0 Å². The van der Waals surface area contributed by atoms with E-state index in [0.29, 0.717) is 23.7 Å². The van der Waals surface area contributed by atoms with Crippen LogP contribution in [0.15, 0.2) is 36.4 Å². The molecule has 0 unspecified atom stereocenters. The number of H-pyrrole nitrogens is 1. The van der Waals surface area contributed by atoms with Gasteiger partial charge in [0.15, 0.2) is 11.5 Å². The van der Waals surface area contributed by atoms with Crippen LogP contribution < -0.4 is 14.8 Å². The number of hydrogen-bond donors (Lipinski definition) is 2. The highest BCUT2D eigenvalue weighted by atomic mass is 16.5. The molecule has 8 nitrogen and oxygen atoms in total. The number of nitrogens with one attached hydrogen (secondary N) is 2. The molecule has 0 saturated carbocycles. The fraction of sp³-hybridized carbons (Fsp3) is 0.333. The van der Waals surface area contributed by atoms with E-state index in [1.807, 2.05) is 43.3 Å². The molecule has 0 spiro atoms. The fourth-order valence-electron chi connectivity index (χ4n) is 4.16. The van der Waals surface area contributed by atoms with Crippen molar-refractivity contribution in [2.75, 3.05) is 33.2 Å². The Morgan fingerprint density at radius 3 is 2.44 bits per heavy atom. The van der Waals surface area contributed by atoms with Crippen molar-refractivity contribution in [3.05, 3.63) is 53.2 Å². The molecule has 0 bridgehead atoms. The standard InChI is InChI=1S/C24H27N3O5/c1-14(27-10-9-15-11-19(30-2)20(31-3)12-16(15)13-27)23(28)26-21-17-7-5-6-8-18(17)25-22(21)24(29)32-4/h5-8,11-12,14,25H,9-10,13H2,1-4H3,(H,26,28)/t14-/m0/s1. The molecule has 1 aliphatic rings. The molecule has 1 atom stereocenters. The van der Waals surface area contributed by atoms with Crippen LogP contribution in [0.2, 0.25) is 0 Å². The monoisotopic (exact) mass is 437 g/mol. The number of carbonyl (C=O) groups excluding carboxylic acids is 2. The van der Waals surface area contributed by atoms with Crippen molar-refractivity contribution in [1.29, 1.82) is 0 Å². The van der Waals surface area contributed by atoms with Crippen LogP contribution in [-0.2, 0) is 22.5 Å². The number of esters is 1. The molecule has 0 aliphatic carbocycles. The summed E-state index contributed by atoms with van der Waals surface area (Å²) >= 11 is 0. The normalized spacial score (nSPS) is 14.5. The first-order chi connectivity index (χ1) is 15.5. The molecule has 3 aromatic rings. The summed E-state index contributed by atoms with van der Waals surface area (Å²) in [7, 11) is 4.55.